The molecule has 0 amide bonds. The molecule has 0 atom stereocenters. The molecule has 0 saturated carbocycles. The maximum atomic E-state index is 10.6. The number of nitrogens with zero attached hydrogens (tertiary/aromatic N) is 4. The SMILES string of the molecule is CN(C)c1ccc(N=Nc2sc(Br)c[n+]2CCCCS(=O)(=O)[O-])cc1. The van der Waals surface area contributed by atoms with Crippen LogP contribution in [0.15, 0.2) is 44.5 Å². The van der Waals surface area contributed by atoms with Crippen molar-refractivity contribution < 1.29 is 17.5 Å². The predicted octanol–water partition coefficient (Wildman–Crippen LogP) is 3.60. The molecule has 0 bridgehead atoms. The predicted molar refractivity (Wildman–Crippen MR) is 101 cm³/mol. The normalized spacial score (nSPS) is 12.0. The second-order valence-corrected chi connectivity index (χ2v) is 9.50. The molecule has 2 rings (SSSR count). The van der Waals surface area contributed by atoms with Gasteiger partial charge in [0.2, 0.25) is 0 Å². The van der Waals surface area contributed by atoms with Crippen LogP contribution in [0.4, 0.5) is 16.5 Å². The van der Waals surface area contributed by atoms with Crippen LogP contribution in [0.3, 0.4) is 0 Å². The lowest BCUT2D eigenvalue weighted by Crippen LogP contribution is -2.31. The standard InChI is InChI=1S/C15H19BrN4O3S2/c1-19(2)13-7-5-12(6-8-13)17-18-15-20(11-14(16)24-15)9-3-4-10-25(21,22)23/h5-8,11H,3-4,9-10H2,1-2H3. The van der Waals surface area contributed by atoms with Crippen LogP contribution < -0.4 is 9.47 Å². The van der Waals surface area contributed by atoms with E-state index in [1.54, 1.807) is 0 Å². The van der Waals surface area contributed by atoms with Crippen molar-refractivity contribution in [2.24, 2.45) is 10.2 Å². The molecular weight excluding hydrogens is 428 g/mol. The minimum absolute atomic E-state index is 0.328. The van der Waals surface area contributed by atoms with Crippen LogP contribution in [0.25, 0.3) is 0 Å². The molecule has 7 nitrogen and oxygen atoms in total. The Morgan fingerprint density at radius 3 is 2.48 bits per heavy atom. The molecule has 0 radical (unpaired) electrons. The third-order valence-electron chi connectivity index (χ3n) is 3.35. The molecular formula is C15H19BrN4O3S2. The molecule has 0 saturated heterocycles. The summed E-state index contributed by atoms with van der Waals surface area (Å²) >= 11 is 4.86. The smallest absolute Gasteiger partial charge is 0.409 e. The fraction of sp³-hybridized carbons (Fsp3) is 0.400. The van der Waals surface area contributed by atoms with Crippen molar-refractivity contribution in [1.82, 2.24) is 0 Å². The zero-order chi connectivity index (χ0) is 18.4. The van der Waals surface area contributed by atoms with E-state index in [9.17, 15) is 13.0 Å². The first kappa shape index (κ1) is 20.0. The molecule has 0 aliphatic rings. The number of aryl methyl sites for hydroxylation is 1. The van der Waals surface area contributed by atoms with Crippen molar-refractivity contribution >= 4 is 53.9 Å². The zero-order valence-corrected chi connectivity index (χ0v) is 17.1. The van der Waals surface area contributed by atoms with E-state index in [0.717, 1.165) is 15.2 Å². The Kier molecular flexibility index (Phi) is 7.05. The third kappa shape index (κ3) is 6.81. The second-order valence-electron chi connectivity index (χ2n) is 5.59. The Balaban J connectivity index is 2.01. The molecule has 0 aliphatic carbocycles. The first-order valence-corrected chi connectivity index (χ1v) is 10.7. The molecule has 2 aromatic rings. The average molecular weight is 447 g/mol. The lowest BCUT2D eigenvalue weighted by atomic mass is 10.3. The first-order chi connectivity index (χ1) is 11.7. The van der Waals surface area contributed by atoms with E-state index >= 15 is 0 Å². The molecule has 0 N–H and O–H groups in total. The molecule has 1 heterocycles. The number of azo groups is 1. The van der Waals surface area contributed by atoms with Crippen LogP contribution in [0.1, 0.15) is 12.8 Å². The second kappa shape index (κ2) is 8.84. The van der Waals surface area contributed by atoms with Gasteiger partial charge in [0.25, 0.3) is 0 Å². The Hall–Kier alpha value is -1.36. The van der Waals surface area contributed by atoms with E-state index in [2.05, 4.69) is 26.2 Å². The molecule has 10 heteroatoms. The van der Waals surface area contributed by atoms with E-state index in [4.69, 9.17) is 0 Å². The van der Waals surface area contributed by atoms with Crippen LogP contribution >= 0.6 is 27.3 Å². The molecule has 0 unspecified atom stereocenters. The van der Waals surface area contributed by atoms with Gasteiger partial charge in [-0.3, -0.25) is 0 Å². The van der Waals surface area contributed by atoms with Crippen LogP contribution in [-0.4, -0.2) is 32.8 Å². The summed E-state index contributed by atoms with van der Waals surface area (Å²) in [5, 5.41) is 9.23. The van der Waals surface area contributed by atoms with E-state index in [1.807, 2.05) is 54.0 Å². The summed E-state index contributed by atoms with van der Waals surface area (Å²) in [5.74, 6) is -0.339. The maximum absolute atomic E-state index is 10.6. The van der Waals surface area contributed by atoms with Gasteiger partial charge in [-0.25, -0.2) is 13.0 Å². The van der Waals surface area contributed by atoms with Crippen molar-refractivity contribution in [3.8, 4) is 0 Å². The Morgan fingerprint density at radius 2 is 1.88 bits per heavy atom. The van der Waals surface area contributed by atoms with Gasteiger partial charge in [0.15, 0.2) is 0 Å². The van der Waals surface area contributed by atoms with Crippen LogP contribution in [0.2, 0.25) is 0 Å². The highest BCUT2D eigenvalue weighted by Gasteiger charge is 2.15. The number of halogens is 1. The van der Waals surface area contributed by atoms with Crippen LogP contribution in [0.5, 0.6) is 0 Å². The van der Waals surface area contributed by atoms with Gasteiger partial charge >= 0.3 is 5.13 Å². The van der Waals surface area contributed by atoms with Crippen molar-refractivity contribution in [3.63, 3.8) is 0 Å². The third-order valence-corrected chi connectivity index (χ3v) is 5.63. The molecule has 25 heavy (non-hydrogen) atoms. The Labute approximate surface area is 159 Å². The zero-order valence-electron chi connectivity index (χ0n) is 13.9. The number of rotatable bonds is 8. The summed E-state index contributed by atoms with van der Waals surface area (Å²) in [7, 11) is -0.205. The minimum atomic E-state index is -4.15. The number of hydrogen-bond acceptors (Lipinski definition) is 7. The fourth-order valence-corrected chi connectivity index (χ4v) is 4.00. The number of anilines is 1. The van der Waals surface area contributed by atoms with E-state index in [1.165, 1.54) is 11.3 Å². The van der Waals surface area contributed by atoms with Crippen LogP contribution in [0, 0.1) is 0 Å². The lowest BCUT2D eigenvalue weighted by molar-refractivity contribution is -0.681. The number of hydrogen-bond donors (Lipinski definition) is 0. The van der Waals surface area contributed by atoms with Crippen molar-refractivity contribution in [3.05, 3.63) is 34.2 Å². The number of aromatic nitrogens is 1. The summed E-state index contributed by atoms with van der Waals surface area (Å²) in [6, 6.07) is 7.72. The van der Waals surface area contributed by atoms with Crippen molar-refractivity contribution in [2.45, 2.75) is 19.4 Å². The number of thiazole rings is 1. The monoisotopic (exact) mass is 446 g/mol. The summed E-state index contributed by atoms with van der Waals surface area (Å²) in [5.41, 5.74) is 1.83. The molecule has 1 aromatic heterocycles. The summed E-state index contributed by atoms with van der Waals surface area (Å²) < 4.78 is 34.7. The van der Waals surface area contributed by atoms with Gasteiger partial charge in [-0.1, -0.05) is 0 Å². The first-order valence-electron chi connectivity index (χ1n) is 7.56. The Bertz CT molecular complexity index is 833. The van der Waals surface area contributed by atoms with E-state index < -0.39 is 10.1 Å². The number of benzene rings is 1. The maximum Gasteiger partial charge on any atom is 0.409 e. The quantitative estimate of drug-likeness (QED) is 0.268. The molecule has 136 valence electrons. The van der Waals surface area contributed by atoms with E-state index in [-0.39, 0.29) is 5.75 Å². The van der Waals surface area contributed by atoms with Gasteiger partial charge in [-0.2, -0.15) is 0 Å². The lowest BCUT2D eigenvalue weighted by Gasteiger charge is -2.11. The van der Waals surface area contributed by atoms with Gasteiger partial charge in [0.1, 0.15) is 15.7 Å². The summed E-state index contributed by atoms with van der Waals surface area (Å²) in [6.07, 6.45) is 2.78. The van der Waals surface area contributed by atoms with Crippen molar-refractivity contribution in [2.75, 3.05) is 24.7 Å². The van der Waals surface area contributed by atoms with Gasteiger partial charge in [0.05, 0.1) is 21.8 Å². The summed E-state index contributed by atoms with van der Waals surface area (Å²) in [6.45, 7) is 0.575. The molecule has 0 aliphatic heterocycles. The highest BCUT2D eigenvalue weighted by Crippen LogP contribution is 2.27. The van der Waals surface area contributed by atoms with Gasteiger partial charge < -0.3 is 9.45 Å². The summed E-state index contributed by atoms with van der Waals surface area (Å²) in [4.78, 5) is 2.01. The van der Waals surface area contributed by atoms with E-state index in [0.29, 0.717) is 24.5 Å². The Morgan fingerprint density at radius 1 is 1.20 bits per heavy atom. The van der Waals surface area contributed by atoms with Crippen molar-refractivity contribution in [1.29, 1.82) is 0 Å². The number of unbranched alkanes of at least 4 members (excludes halogenated alkanes) is 1. The highest BCUT2D eigenvalue weighted by molar-refractivity contribution is 9.11. The van der Waals surface area contributed by atoms with Gasteiger partial charge in [-0.05, 0) is 69.5 Å². The average Bonchev–Trinajstić information content (AvgIpc) is 2.89. The highest BCUT2D eigenvalue weighted by atomic mass is 79.9. The molecule has 0 spiro atoms. The van der Waals surface area contributed by atoms with Crippen LogP contribution in [-0.2, 0) is 16.7 Å². The van der Waals surface area contributed by atoms with Gasteiger partial charge in [0, 0.05) is 25.5 Å². The fourth-order valence-electron chi connectivity index (χ4n) is 2.07. The van der Waals surface area contributed by atoms with Gasteiger partial charge in [-0.15, -0.1) is 0 Å². The largest absolute Gasteiger partial charge is 0.748 e. The molecule has 0 fully saturated rings. The topological polar surface area (TPSA) is 89.0 Å². The molecule has 1 aromatic carbocycles. The minimum Gasteiger partial charge on any atom is -0.748 e.